The van der Waals surface area contributed by atoms with E-state index < -0.39 is 0 Å². The van der Waals surface area contributed by atoms with Crippen molar-refractivity contribution in [2.75, 3.05) is 5.75 Å². The number of nitrogens with one attached hydrogen (secondary N) is 1. The van der Waals surface area contributed by atoms with E-state index in [2.05, 4.69) is 20.4 Å². The average molecular weight is 424 g/mol. The van der Waals surface area contributed by atoms with Crippen molar-refractivity contribution in [2.24, 2.45) is 0 Å². The minimum Gasteiger partial charge on any atom is -0.351 e. The number of amides is 1. The molecule has 146 valence electrons. The third-order valence-electron chi connectivity index (χ3n) is 4.35. The SMILES string of the molecule is Cc1ccc(CNC(=O)CSc2ncnc3c2cnn3-c2ccc(Cl)cc2)cc1. The van der Waals surface area contributed by atoms with Gasteiger partial charge in [0, 0.05) is 11.6 Å². The molecule has 0 aliphatic carbocycles. The molecule has 0 aliphatic heterocycles. The van der Waals surface area contributed by atoms with Crippen LogP contribution in [0.3, 0.4) is 0 Å². The number of halogens is 1. The summed E-state index contributed by atoms with van der Waals surface area (Å²) in [5, 5.41) is 9.55. The van der Waals surface area contributed by atoms with Gasteiger partial charge in [0.25, 0.3) is 0 Å². The maximum atomic E-state index is 12.2. The highest BCUT2D eigenvalue weighted by Crippen LogP contribution is 2.26. The van der Waals surface area contributed by atoms with Crippen LogP contribution in [0.4, 0.5) is 0 Å². The standard InChI is InChI=1S/C21H18ClN5OS/c1-14-2-4-15(5-3-14)10-23-19(28)12-29-21-18-11-26-27(20(18)24-13-25-21)17-8-6-16(22)7-9-17/h2-9,11,13H,10,12H2,1H3,(H,23,28). The summed E-state index contributed by atoms with van der Waals surface area (Å²) in [6.45, 7) is 2.55. The quantitative estimate of drug-likeness (QED) is 0.372. The number of thioether (sulfide) groups is 1. The third kappa shape index (κ3) is 4.58. The van der Waals surface area contributed by atoms with E-state index in [1.165, 1.54) is 23.7 Å². The predicted octanol–water partition coefficient (Wildman–Crippen LogP) is 4.19. The summed E-state index contributed by atoms with van der Waals surface area (Å²) < 4.78 is 1.73. The zero-order chi connectivity index (χ0) is 20.2. The molecule has 0 atom stereocenters. The fourth-order valence-corrected chi connectivity index (χ4v) is 3.72. The molecule has 0 fully saturated rings. The first-order valence-corrected chi connectivity index (χ1v) is 10.4. The molecule has 1 N–H and O–H groups in total. The lowest BCUT2D eigenvalue weighted by Crippen LogP contribution is -2.24. The second kappa shape index (κ2) is 8.63. The van der Waals surface area contributed by atoms with Gasteiger partial charge in [-0.3, -0.25) is 4.79 Å². The summed E-state index contributed by atoms with van der Waals surface area (Å²) in [5.41, 5.74) is 3.81. The fourth-order valence-electron chi connectivity index (χ4n) is 2.80. The van der Waals surface area contributed by atoms with Crippen molar-refractivity contribution < 1.29 is 4.79 Å². The van der Waals surface area contributed by atoms with Gasteiger partial charge in [-0.15, -0.1) is 0 Å². The van der Waals surface area contributed by atoms with E-state index in [1.54, 1.807) is 23.0 Å². The number of nitrogens with zero attached hydrogens (tertiary/aromatic N) is 4. The van der Waals surface area contributed by atoms with Gasteiger partial charge in [-0.25, -0.2) is 14.6 Å². The number of aromatic nitrogens is 4. The van der Waals surface area contributed by atoms with E-state index in [4.69, 9.17) is 11.6 Å². The Morgan fingerprint density at radius 3 is 2.62 bits per heavy atom. The highest BCUT2D eigenvalue weighted by molar-refractivity contribution is 8.00. The second-order valence-electron chi connectivity index (χ2n) is 6.50. The maximum absolute atomic E-state index is 12.2. The molecule has 0 spiro atoms. The van der Waals surface area contributed by atoms with Crippen molar-refractivity contribution in [1.29, 1.82) is 0 Å². The predicted molar refractivity (Wildman–Crippen MR) is 115 cm³/mol. The molecular weight excluding hydrogens is 406 g/mol. The Labute approximate surface area is 177 Å². The molecule has 6 nitrogen and oxygen atoms in total. The van der Waals surface area contributed by atoms with E-state index in [0.717, 1.165) is 21.7 Å². The van der Waals surface area contributed by atoms with Crippen LogP contribution in [-0.2, 0) is 11.3 Å². The zero-order valence-corrected chi connectivity index (χ0v) is 17.2. The van der Waals surface area contributed by atoms with Gasteiger partial charge in [0.1, 0.15) is 11.4 Å². The Hall–Kier alpha value is -2.90. The number of aryl methyl sites for hydroxylation is 1. The van der Waals surface area contributed by atoms with Crippen LogP contribution in [-0.4, -0.2) is 31.4 Å². The van der Waals surface area contributed by atoms with Crippen molar-refractivity contribution in [3.05, 3.63) is 77.2 Å². The van der Waals surface area contributed by atoms with Crippen LogP contribution in [0.2, 0.25) is 5.02 Å². The molecule has 4 rings (SSSR count). The fraction of sp³-hybridized carbons (Fsp3) is 0.143. The molecule has 29 heavy (non-hydrogen) atoms. The molecule has 0 saturated heterocycles. The minimum absolute atomic E-state index is 0.0487. The molecule has 4 aromatic rings. The number of benzene rings is 2. The van der Waals surface area contributed by atoms with Crippen LogP contribution < -0.4 is 5.32 Å². The lowest BCUT2D eigenvalue weighted by atomic mass is 10.1. The van der Waals surface area contributed by atoms with Crippen molar-refractivity contribution in [3.63, 3.8) is 0 Å². The monoisotopic (exact) mass is 423 g/mol. The van der Waals surface area contributed by atoms with Gasteiger partial charge in [-0.05, 0) is 36.8 Å². The Balaban J connectivity index is 1.43. The molecule has 2 heterocycles. The van der Waals surface area contributed by atoms with Crippen molar-refractivity contribution in [2.45, 2.75) is 18.5 Å². The van der Waals surface area contributed by atoms with Crippen molar-refractivity contribution in [3.8, 4) is 5.69 Å². The lowest BCUT2D eigenvalue weighted by molar-refractivity contribution is -0.118. The first kappa shape index (κ1) is 19.4. The molecule has 0 radical (unpaired) electrons. The number of carbonyl (C=O) groups is 1. The molecule has 0 unspecified atom stereocenters. The summed E-state index contributed by atoms with van der Waals surface area (Å²) in [4.78, 5) is 20.9. The molecular formula is C21H18ClN5OS. The molecule has 1 amide bonds. The summed E-state index contributed by atoms with van der Waals surface area (Å²) in [7, 11) is 0. The largest absolute Gasteiger partial charge is 0.351 e. The van der Waals surface area contributed by atoms with Gasteiger partial charge in [-0.2, -0.15) is 5.10 Å². The highest BCUT2D eigenvalue weighted by atomic mass is 35.5. The topological polar surface area (TPSA) is 72.7 Å². The first-order valence-electron chi connectivity index (χ1n) is 9.00. The average Bonchev–Trinajstić information content (AvgIpc) is 3.17. The van der Waals surface area contributed by atoms with Crippen molar-refractivity contribution >= 4 is 40.3 Å². The number of hydrogen-bond acceptors (Lipinski definition) is 5. The van der Waals surface area contributed by atoms with E-state index in [9.17, 15) is 4.79 Å². The summed E-state index contributed by atoms with van der Waals surface area (Å²) in [6.07, 6.45) is 3.21. The first-order chi connectivity index (χ1) is 14.1. The molecule has 0 bridgehead atoms. The Kier molecular flexibility index (Phi) is 5.78. The smallest absolute Gasteiger partial charge is 0.230 e. The van der Waals surface area contributed by atoms with Crippen LogP contribution in [0.25, 0.3) is 16.7 Å². The van der Waals surface area contributed by atoms with Gasteiger partial charge in [0.15, 0.2) is 5.65 Å². The number of hydrogen-bond donors (Lipinski definition) is 1. The van der Waals surface area contributed by atoms with Crippen LogP contribution in [0, 0.1) is 6.92 Å². The van der Waals surface area contributed by atoms with Crippen LogP contribution >= 0.6 is 23.4 Å². The number of carbonyl (C=O) groups excluding carboxylic acids is 1. The number of fused-ring (bicyclic) bond motifs is 1. The van der Waals surface area contributed by atoms with Gasteiger partial charge >= 0.3 is 0 Å². The normalized spacial score (nSPS) is 11.0. The summed E-state index contributed by atoms with van der Waals surface area (Å²) in [6, 6.07) is 15.5. The molecule has 2 aromatic carbocycles. The zero-order valence-electron chi connectivity index (χ0n) is 15.7. The van der Waals surface area contributed by atoms with E-state index in [0.29, 0.717) is 17.2 Å². The van der Waals surface area contributed by atoms with Crippen molar-refractivity contribution in [1.82, 2.24) is 25.1 Å². The van der Waals surface area contributed by atoms with E-state index in [1.807, 2.05) is 43.3 Å². The lowest BCUT2D eigenvalue weighted by Gasteiger charge is -2.06. The molecule has 0 aliphatic rings. The Morgan fingerprint density at radius 2 is 1.86 bits per heavy atom. The summed E-state index contributed by atoms with van der Waals surface area (Å²) >= 11 is 7.33. The molecule has 0 saturated carbocycles. The minimum atomic E-state index is -0.0487. The van der Waals surface area contributed by atoms with E-state index >= 15 is 0 Å². The Bertz CT molecular complexity index is 1140. The van der Waals surface area contributed by atoms with Crippen LogP contribution in [0.5, 0.6) is 0 Å². The second-order valence-corrected chi connectivity index (χ2v) is 7.90. The maximum Gasteiger partial charge on any atom is 0.230 e. The van der Waals surface area contributed by atoms with Crippen LogP contribution in [0.1, 0.15) is 11.1 Å². The Morgan fingerprint density at radius 1 is 1.10 bits per heavy atom. The molecule has 8 heteroatoms. The highest BCUT2D eigenvalue weighted by Gasteiger charge is 2.13. The van der Waals surface area contributed by atoms with Crippen LogP contribution in [0.15, 0.2) is 66.1 Å². The third-order valence-corrected chi connectivity index (χ3v) is 5.61. The van der Waals surface area contributed by atoms with Gasteiger partial charge < -0.3 is 5.32 Å². The van der Waals surface area contributed by atoms with Gasteiger partial charge in [0.05, 0.1) is 23.0 Å². The van der Waals surface area contributed by atoms with Gasteiger partial charge in [-0.1, -0.05) is 53.2 Å². The van der Waals surface area contributed by atoms with E-state index in [-0.39, 0.29) is 11.7 Å². The summed E-state index contributed by atoms with van der Waals surface area (Å²) in [5.74, 6) is 0.219. The number of rotatable bonds is 6. The molecule has 2 aromatic heterocycles. The van der Waals surface area contributed by atoms with Gasteiger partial charge in [0.2, 0.25) is 5.91 Å².